The Kier molecular flexibility index (Phi) is 5.81. The Balaban J connectivity index is 1.25. The van der Waals surface area contributed by atoms with E-state index in [1.54, 1.807) is 13.3 Å². The molecular formula is C28H31N7O. The fraction of sp³-hybridized carbons (Fsp3) is 0.321. The van der Waals surface area contributed by atoms with Crippen LogP contribution in [0.5, 0.6) is 5.88 Å². The van der Waals surface area contributed by atoms with Gasteiger partial charge in [-0.2, -0.15) is 5.10 Å². The van der Waals surface area contributed by atoms with Gasteiger partial charge in [0.05, 0.1) is 18.4 Å². The molecule has 0 amide bonds. The summed E-state index contributed by atoms with van der Waals surface area (Å²) in [4.78, 5) is 13.6. The number of nitrogens with one attached hydrogen (secondary N) is 2. The lowest BCUT2D eigenvalue weighted by Gasteiger charge is -2.43. The summed E-state index contributed by atoms with van der Waals surface area (Å²) in [6.07, 6.45) is 5.91. The molecule has 8 nitrogen and oxygen atoms in total. The molecule has 4 aromatic rings. The molecule has 2 aliphatic rings. The molecule has 1 fully saturated rings. The van der Waals surface area contributed by atoms with Crippen molar-refractivity contribution in [2.24, 2.45) is 0 Å². The molecule has 2 aliphatic heterocycles. The van der Waals surface area contributed by atoms with Crippen LogP contribution in [0.25, 0.3) is 22.2 Å². The number of aromatic nitrogens is 4. The summed E-state index contributed by atoms with van der Waals surface area (Å²) in [6.45, 7) is 10.1. The monoisotopic (exact) mass is 481 g/mol. The highest BCUT2D eigenvalue weighted by Gasteiger charge is 2.30. The minimum Gasteiger partial charge on any atom is -0.481 e. The quantitative estimate of drug-likeness (QED) is 0.428. The Hall–Kier alpha value is -3.91. The van der Waals surface area contributed by atoms with Gasteiger partial charge in [0.15, 0.2) is 0 Å². The van der Waals surface area contributed by atoms with Crippen molar-refractivity contribution in [2.45, 2.75) is 38.9 Å². The Morgan fingerprint density at radius 3 is 2.94 bits per heavy atom. The van der Waals surface area contributed by atoms with Crippen molar-refractivity contribution in [3.63, 3.8) is 0 Å². The molecule has 3 aromatic heterocycles. The van der Waals surface area contributed by atoms with Crippen molar-refractivity contribution in [2.75, 3.05) is 25.5 Å². The first-order valence-electron chi connectivity index (χ1n) is 12.5. The molecule has 2 N–H and O–H groups in total. The van der Waals surface area contributed by atoms with Crippen LogP contribution in [0.15, 0.2) is 61.2 Å². The van der Waals surface area contributed by atoms with E-state index in [0.29, 0.717) is 11.9 Å². The number of anilines is 1. The van der Waals surface area contributed by atoms with Gasteiger partial charge in [0.2, 0.25) is 5.88 Å². The van der Waals surface area contributed by atoms with Gasteiger partial charge in [-0.1, -0.05) is 12.6 Å². The highest BCUT2D eigenvalue weighted by molar-refractivity contribution is 5.95. The third-order valence-electron chi connectivity index (χ3n) is 7.28. The van der Waals surface area contributed by atoms with Gasteiger partial charge in [0.1, 0.15) is 5.69 Å². The van der Waals surface area contributed by atoms with Gasteiger partial charge in [-0.15, -0.1) is 0 Å². The lowest BCUT2D eigenvalue weighted by molar-refractivity contribution is 0.111. The number of fused-ring (bicyclic) bond motifs is 2. The van der Waals surface area contributed by atoms with Crippen molar-refractivity contribution >= 4 is 16.6 Å². The largest absolute Gasteiger partial charge is 0.481 e. The first-order chi connectivity index (χ1) is 17.6. The van der Waals surface area contributed by atoms with Crippen LogP contribution >= 0.6 is 0 Å². The zero-order valence-electron chi connectivity index (χ0n) is 20.8. The molecule has 0 bridgehead atoms. The van der Waals surface area contributed by atoms with E-state index in [0.717, 1.165) is 83.9 Å². The molecule has 8 heteroatoms. The molecule has 0 spiro atoms. The molecule has 6 rings (SSSR count). The van der Waals surface area contributed by atoms with Gasteiger partial charge in [-0.25, -0.2) is 4.98 Å². The van der Waals surface area contributed by atoms with Crippen LogP contribution in [0.2, 0.25) is 0 Å². The number of piperidine rings is 1. The maximum Gasteiger partial charge on any atom is 0.217 e. The number of H-pyrrole nitrogens is 1. The number of hydrogen-bond donors (Lipinski definition) is 2. The van der Waals surface area contributed by atoms with Gasteiger partial charge < -0.3 is 15.0 Å². The van der Waals surface area contributed by atoms with Crippen LogP contribution in [-0.2, 0) is 13.1 Å². The van der Waals surface area contributed by atoms with Crippen LogP contribution in [-0.4, -0.2) is 56.2 Å². The van der Waals surface area contributed by atoms with Gasteiger partial charge >= 0.3 is 0 Å². The molecular weight excluding hydrogens is 450 g/mol. The SMILES string of the molecule is C=C1Nc2cc3[nH]nc(-c4ccnc(C)c4)c3cc2CN1[C@@H]1CCCN(Cc2cccnc2OC)C1. The van der Waals surface area contributed by atoms with Gasteiger partial charge in [-0.05, 0) is 62.2 Å². The number of nitrogens with zero attached hydrogens (tertiary/aromatic N) is 5. The average molecular weight is 482 g/mol. The number of aryl methyl sites for hydroxylation is 1. The van der Waals surface area contributed by atoms with E-state index < -0.39 is 0 Å². The number of ether oxygens (including phenoxy) is 1. The van der Waals surface area contributed by atoms with Crippen LogP contribution in [0.3, 0.4) is 0 Å². The van der Waals surface area contributed by atoms with Crippen LogP contribution in [0.1, 0.15) is 29.7 Å². The number of rotatable bonds is 5. The highest BCUT2D eigenvalue weighted by Crippen LogP contribution is 2.36. The normalized spacial score (nSPS) is 18.2. The second-order valence-corrected chi connectivity index (χ2v) is 9.72. The van der Waals surface area contributed by atoms with Crippen LogP contribution < -0.4 is 10.1 Å². The van der Waals surface area contributed by atoms with E-state index >= 15 is 0 Å². The Morgan fingerprint density at radius 1 is 1.17 bits per heavy atom. The number of pyridine rings is 2. The fourth-order valence-electron chi connectivity index (χ4n) is 5.52. The Morgan fingerprint density at radius 2 is 2.08 bits per heavy atom. The first-order valence-corrected chi connectivity index (χ1v) is 12.5. The zero-order chi connectivity index (χ0) is 24.6. The van der Waals surface area contributed by atoms with Crippen molar-refractivity contribution in [3.05, 3.63) is 78.0 Å². The Labute approximate surface area is 211 Å². The van der Waals surface area contributed by atoms with E-state index in [9.17, 15) is 0 Å². The van der Waals surface area contributed by atoms with Crippen molar-refractivity contribution in [3.8, 4) is 17.1 Å². The van der Waals surface area contributed by atoms with Crippen molar-refractivity contribution < 1.29 is 4.74 Å². The summed E-state index contributed by atoms with van der Waals surface area (Å²) in [5, 5.41) is 12.5. The molecule has 0 saturated carbocycles. The van der Waals surface area contributed by atoms with E-state index in [2.05, 4.69) is 66.1 Å². The molecule has 0 aliphatic carbocycles. The maximum atomic E-state index is 5.48. The lowest BCUT2D eigenvalue weighted by atomic mass is 9.99. The second-order valence-electron chi connectivity index (χ2n) is 9.72. The molecule has 184 valence electrons. The smallest absolute Gasteiger partial charge is 0.217 e. The topological polar surface area (TPSA) is 82.2 Å². The standard InChI is InChI=1S/C28H31N7O/c1-18-12-20(8-10-29-18)27-24-13-22-16-35(19(2)31-25(22)14-26(24)32-33-27)23-7-5-11-34(17-23)15-21-6-4-9-30-28(21)36-3/h4,6,8-10,12-14,23,31H,2,5,7,11,15-17H2,1,3H3,(H,32,33)/t23-/m1/s1. The predicted octanol–water partition coefficient (Wildman–Crippen LogP) is 4.70. The maximum absolute atomic E-state index is 5.48. The average Bonchev–Trinajstić information content (AvgIpc) is 3.30. The molecule has 0 radical (unpaired) electrons. The Bertz CT molecular complexity index is 1430. The number of benzene rings is 1. The summed E-state index contributed by atoms with van der Waals surface area (Å²) in [7, 11) is 1.68. The lowest BCUT2D eigenvalue weighted by Crippen LogP contribution is -2.48. The van der Waals surface area contributed by atoms with Crippen LogP contribution in [0.4, 0.5) is 5.69 Å². The van der Waals surface area contributed by atoms with Crippen LogP contribution in [0, 0.1) is 6.92 Å². The number of hydrogen-bond acceptors (Lipinski definition) is 7. The molecule has 5 heterocycles. The molecule has 1 atom stereocenters. The fourth-order valence-corrected chi connectivity index (χ4v) is 5.52. The summed E-state index contributed by atoms with van der Waals surface area (Å²) >= 11 is 0. The van der Waals surface area contributed by atoms with Gasteiger partial charge in [0, 0.05) is 66.0 Å². The minimum absolute atomic E-state index is 0.386. The number of likely N-dealkylation sites (tertiary alicyclic amines) is 1. The molecule has 1 saturated heterocycles. The highest BCUT2D eigenvalue weighted by atomic mass is 16.5. The third-order valence-corrected chi connectivity index (χ3v) is 7.28. The van der Waals surface area contributed by atoms with E-state index in [4.69, 9.17) is 4.74 Å². The zero-order valence-corrected chi connectivity index (χ0v) is 20.8. The predicted molar refractivity (Wildman–Crippen MR) is 141 cm³/mol. The van der Waals surface area contributed by atoms with Gasteiger partial charge in [0.25, 0.3) is 0 Å². The third kappa shape index (κ3) is 4.18. The van der Waals surface area contributed by atoms with E-state index in [1.165, 1.54) is 5.56 Å². The summed E-state index contributed by atoms with van der Waals surface area (Å²) < 4.78 is 5.48. The number of methoxy groups -OCH3 is 1. The molecule has 0 unspecified atom stereocenters. The van der Waals surface area contributed by atoms with E-state index in [1.807, 2.05) is 25.3 Å². The number of aromatic amines is 1. The van der Waals surface area contributed by atoms with E-state index in [-0.39, 0.29) is 0 Å². The summed E-state index contributed by atoms with van der Waals surface area (Å²) in [5.74, 6) is 1.67. The summed E-state index contributed by atoms with van der Waals surface area (Å²) in [6, 6.07) is 13.0. The first kappa shape index (κ1) is 22.5. The van der Waals surface area contributed by atoms with Crippen molar-refractivity contribution in [1.82, 2.24) is 30.0 Å². The second kappa shape index (κ2) is 9.28. The minimum atomic E-state index is 0.386. The molecule has 1 aromatic carbocycles. The van der Waals surface area contributed by atoms with Crippen molar-refractivity contribution in [1.29, 1.82) is 0 Å². The van der Waals surface area contributed by atoms with Gasteiger partial charge in [-0.3, -0.25) is 15.0 Å². The molecule has 36 heavy (non-hydrogen) atoms. The summed E-state index contributed by atoms with van der Waals surface area (Å²) in [5.41, 5.74) is 7.52.